The molecule has 10 nitrogen and oxygen atoms in total. The van der Waals surface area contributed by atoms with Gasteiger partial charge in [0.15, 0.2) is 30.4 Å². The van der Waals surface area contributed by atoms with Crippen molar-refractivity contribution in [2.45, 2.75) is 55.4 Å². The van der Waals surface area contributed by atoms with Crippen LogP contribution in [0, 0.1) is 5.41 Å². The third-order valence-electron chi connectivity index (χ3n) is 5.16. The summed E-state index contributed by atoms with van der Waals surface area (Å²) in [5.74, 6) is -1.52. The van der Waals surface area contributed by atoms with Gasteiger partial charge >= 0.3 is 7.76 Å². The van der Waals surface area contributed by atoms with Crippen molar-refractivity contribution in [1.29, 1.82) is 5.41 Å². The third kappa shape index (κ3) is 3.25. The number of aliphatic imine (C=N–C) groups is 3. The maximum atomic E-state index is 14.9. The van der Waals surface area contributed by atoms with Crippen LogP contribution in [0.5, 0.6) is 0 Å². The lowest BCUT2D eigenvalue weighted by Crippen LogP contribution is -2.53. The molecular formula is C15H19F3N5O5P. The minimum Gasteiger partial charge on any atom is -0.394 e. The second-order valence-electron chi connectivity index (χ2n) is 6.92. The van der Waals surface area contributed by atoms with Crippen LogP contribution in [0.25, 0.3) is 0 Å². The summed E-state index contributed by atoms with van der Waals surface area (Å²) in [7, 11) is -6.06. The number of nitrogens with zero attached hydrogens (tertiary/aromatic N) is 4. The van der Waals surface area contributed by atoms with Gasteiger partial charge in [0.1, 0.15) is 18.5 Å². The average molecular weight is 437 g/mol. The van der Waals surface area contributed by atoms with Gasteiger partial charge < -0.3 is 19.3 Å². The van der Waals surface area contributed by atoms with Crippen LogP contribution in [-0.2, 0) is 18.8 Å². The minimum absolute atomic E-state index is 0.435. The lowest BCUT2D eigenvalue weighted by Gasteiger charge is -2.34. The molecule has 29 heavy (non-hydrogen) atoms. The molecule has 160 valence electrons. The van der Waals surface area contributed by atoms with Gasteiger partial charge in [-0.2, -0.15) is 0 Å². The highest BCUT2D eigenvalue weighted by Gasteiger charge is 2.66. The molecule has 0 spiro atoms. The van der Waals surface area contributed by atoms with Crippen molar-refractivity contribution in [3.8, 4) is 0 Å². The van der Waals surface area contributed by atoms with Crippen molar-refractivity contribution in [1.82, 2.24) is 4.90 Å². The van der Waals surface area contributed by atoms with Gasteiger partial charge in [-0.05, 0) is 19.3 Å². The topological polar surface area (TPSA) is 129 Å². The molecule has 2 saturated heterocycles. The van der Waals surface area contributed by atoms with Crippen LogP contribution in [0.4, 0.5) is 12.8 Å². The largest absolute Gasteiger partial charge is 0.445 e. The molecule has 0 amide bonds. The van der Waals surface area contributed by atoms with Crippen LogP contribution in [0.2, 0.25) is 0 Å². The first-order valence-corrected chi connectivity index (χ1v) is 10.5. The highest BCUT2D eigenvalue weighted by Crippen LogP contribution is 2.65. The molecule has 0 aromatic heterocycles. The Morgan fingerprint density at radius 3 is 2.90 bits per heavy atom. The van der Waals surface area contributed by atoms with E-state index in [9.17, 15) is 22.5 Å². The minimum atomic E-state index is -6.06. The van der Waals surface area contributed by atoms with E-state index >= 15 is 0 Å². The lowest BCUT2D eigenvalue weighted by atomic mass is 10.1. The van der Waals surface area contributed by atoms with Gasteiger partial charge in [0.2, 0.25) is 0 Å². The van der Waals surface area contributed by atoms with Crippen LogP contribution in [0.3, 0.4) is 0 Å². The monoisotopic (exact) mass is 437 g/mol. The molecule has 14 heteroatoms. The zero-order valence-corrected chi connectivity index (χ0v) is 15.9. The molecular weight excluding hydrogens is 418 g/mol. The molecule has 0 aromatic carbocycles. The summed E-state index contributed by atoms with van der Waals surface area (Å²) < 4.78 is 71.4. The fourth-order valence-corrected chi connectivity index (χ4v) is 4.59. The number of amidine groups is 2. The summed E-state index contributed by atoms with van der Waals surface area (Å²) in [6.07, 6.45) is -2.59. The molecule has 2 fully saturated rings. The Bertz CT molecular complexity index is 816. The number of halogens is 3. The molecule has 4 aliphatic heterocycles. The molecule has 0 aliphatic carbocycles. The Balaban J connectivity index is 1.66. The van der Waals surface area contributed by atoms with Gasteiger partial charge in [-0.25, -0.2) is 23.9 Å². The molecule has 4 heterocycles. The smallest absolute Gasteiger partial charge is 0.394 e. The number of hydrogen-bond donors (Lipinski definition) is 2. The van der Waals surface area contributed by atoms with Crippen molar-refractivity contribution in [3.63, 3.8) is 0 Å². The Hall–Kier alpha value is -1.66. The maximum Gasteiger partial charge on any atom is 0.445 e. The molecule has 0 radical (unpaired) electrons. The van der Waals surface area contributed by atoms with E-state index in [0.29, 0.717) is 13.0 Å². The Kier molecular flexibility index (Phi) is 5.36. The van der Waals surface area contributed by atoms with Gasteiger partial charge in [-0.1, -0.05) is 0 Å². The predicted molar refractivity (Wildman–Crippen MR) is 95.6 cm³/mol. The van der Waals surface area contributed by atoms with Gasteiger partial charge in [0.05, 0.1) is 12.9 Å². The molecule has 2 unspecified atom stereocenters. The lowest BCUT2D eigenvalue weighted by molar-refractivity contribution is -0.209. The van der Waals surface area contributed by atoms with Crippen molar-refractivity contribution in [2.24, 2.45) is 15.0 Å². The second-order valence-corrected chi connectivity index (χ2v) is 8.49. The number of hydrogen-bond acceptors (Lipinski definition) is 9. The number of rotatable bonds is 5. The first-order valence-electron chi connectivity index (χ1n) is 9.00. The average Bonchev–Trinajstić information content (AvgIpc) is 3.23. The number of aliphatic hydroxyl groups excluding tert-OH is 1. The van der Waals surface area contributed by atoms with Crippen LogP contribution >= 0.6 is 7.76 Å². The fraction of sp³-hybridized carbons (Fsp3) is 0.733. The second kappa shape index (κ2) is 7.55. The summed E-state index contributed by atoms with van der Waals surface area (Å²) in [6.45, 7) is -0.238. The number of fused-ring (bicyclic) bond motifs is 1. The van der Waals surface area contributed by atoms with Crippen molar-refractivity contribution >= 4 is 32.1 Å². The summed E-state index contributed by atoms with van der Waals surface area (Å²) in [6, 6.07) is 0. The van der Waals surface area contributed by atoms with Crippen LogP contribution in [0.1, 0.15) is 19.3 Å². The molecule has 0 saturated carbocycles. The summed E-state index contributed by atoms with van der Waals surface area (Å²) in [5.41, 5.74) is 0. The van der Waals surface area contributed by atoms with Crippen LogP contribution in [0.15, 0.2) is 15.0 Å². The number of aliphatic hydroxyl groups is 1. The highest BCUT2D eigenvalue weighted by molar-refractivity contribution is 7.57. The predicted octanol–water partition coefficient (Wildman–Crippen LogP) is 1.54. The van der Waals surface area contributed by atoms with E-state index in [1.54, 1.807) is 0 Å². The van der Waals surface area contributed by atoms with Crippen LogP contribution in [-0.4, -0.2) is 83.7 Å². The van der Waals surface area contributed by atoms with Crippen molar-refractivity contribution in [3.05, 3.63) is 0 Å². The maximum absolute atomic E-state index is 14.9. The highest BCUT2D eigenvalue weighted by atomic mass is 31.2. The SMILES string of the molecule is N=C1N=CN=C2N([C@@H]3O[C@H](CO)[C@@H](F)[C@H]3OC3CCCCO3)C=NC12P(=O)(F)F. The Labute approximate surface area is 163 Å². The number of ether oxygens (including phenoxy) is 3. The zero-order valence-electron chi connectivity index (χ0n) is 15.0. The molecule has 2 N–H and O–H groups in total. The Morgan fingerprint density at radius 1 is 1.45 bits per heavy atom. The molecule has 0 bridgehead atoms. The van der Waals surface area contributed by atoms with E-state index in [4.69, 9.17) is 19.6 Å². The van der Waals surface area contributed by atoms with Crippen molar-refractivity contribution in [2.75, 3.05) is 13.2 Å². The van der Waals surface area contributed by atoms with Crippen molar-refractivity contribution < 1.29 is 36.7 Å². The first-order chi connectivity index (χ1) is 13.8. The molecule has 6 atom stereocenters. The van der Waals surface area contributed by atoms with E-state index in [0.717, 1.165) is 30.4 Å². The fourth-order valence-electron chi connectivity index (χ4n) is 3.69. The van der Waals surface area contributed by atoms with Gasteiger partial charge in [-0.3, -0.25) is 10.3 Å². The van der Waals surface area contributed by atoms with Gasteiger partial charge in [0, 0.05) is 6.61 Å². The molecule has 4 rings (SSSR count). The van der Waals surface area contributed by atoms with E-state index in [1.165, 1.54) is 0 Å². The summed E-state index contributed by atoms with van der Waals surface area (Å²) in [4.78, 5) is 11.7. The van der Waals surface area contributed by atoms with E-state index in [-0.39, 0.29) is 0 Å². The molecule has 4 aliphatic rings. The summed E-state index contributed by atoms with van der Waals surface area (Å²) >= 11 is 0. The molecule has 0 aromatic rings. The number of nitrogens with one attached hydrogen (secondary N) is 1. The van der Waals surface area contributed by atoms with Crippen LogP contribution < -0.4 is 0 Å². The van der Waals surface area contributed by atoms with Gasteiger partial charge in [0.25, 0.3) is 5.28 Å². The zero-order chi connectivity index (χ0) is 20.8. The summed E-state index contributed by atoms with van der Waals surface area (Å²) in [5, 5.41) is 14.3. The quantitative estimate of drug-likeness (QED) is 0.628. The Morgan fingerprint density at radius 2 is 2.24 bits per heavy atom. The van der Waals surface area contributed by atoms with E-state index in [2.05, 4.69) is 15.0 Å². The number of alkyl halides is 1. The standard InChI is InChI=1S/C15H19F3N5O5P/c16-10-8(5-24)27-12(11(10)28-9-3-1-2-4-26-9)23-7-22-15(29(17,18)25)13(19)20-6-21-14(15)23/h6-12,19,24H,1-5H2/t8-,9?,10-,11-,12-,15?/m1/s1. The third-order valence-corrected chi connectivity index (χ3v) is 6.45. The first kappa shape index (κ1) is 20.6. The van der Waals surface area contributed by atoms with E-state index < -0.39 is 62.2 Å². The normalized spacial score (nSPS) is 39.7. The van der Waals surface area contributed by atoms with E-state index in [1.807, 2.05) is 0 Å². The van der Waals surface area contributed by atoms with Gasteiger partial charge in [-0.15, -0.1) is 8.39 Å².